The van der Waals surface area contributed by atoms with Crippen molar-refractivity contribution in [2.24, 2.45) is 0 Å². The summed E-state index contributed by atoms with van der Waals surface area (Å²) >= 11 is 20.6. The SMILES string of the molecule is Nc1c(Cl)c(Cl)nc(C(=O)OCC(=O)NNC(=O)COc2ccc(Br)cc2)c1Cl. The van der Waals surface area contributed by atoms with Crippen molar-refractivity contribution in [3.63, 3.8) is 0 Å². The van der Waals surface area contributed by atoms with E-state index in [1.165, 1.54) is 0 Å². The Labute approximate surface area is 187 Å². The van der Waals surface area contributed by atoms with Crippen LogP contribution < -0.4 is 21.3 Å². The quantitative estimate of drug-likeness (QED) is 0.300. The first-order chi connectivity index (χ1) is 13.7. The van der Waals surface area contributed by atoms with E-state index in [0.29, 0.717) is 5.75 Å². The van der Waals surface area contributed by atoms with Crippen molar-refractivity contribution in [2.45, 2.75) is 0 Å². The number of aromatic nitrogens is 1. The van der Waals surface area contributed by atoms with Gasteiger partial charge in [0.1, 0.15) is 10.8 Å². The van der Waals surface area contributed by atoms with E-state index in [1.54, 1.807) is 24.3 Å². The fraction of sp³-hybridized carbons (Fsp3) is 0.125. The van der Waals surface area contributed by atoms with Gasteiger partial charge < -0.3 is 15.2 Å². The van der Waals surface area contributed by atoms with Gasteiger partial charge in [0.15, 0.2) is 24.1 Å². The Morgan fingerprint density at radius 2 is 1.59 bits per heavy atom. The second-order valence-corrected chi connectivity index (χ2v) is 7.24. The summed E-state index contributed by atoms with van der Waals surface area (Å²) in [5.41, 5.74) is 9.20. The van der Waals surface area contributed by atoms with E-state index in [0.717, 1.165) is 4.47 Å². The maximum absolute atomic E-state index is 12.0. The zero-order valence-electron chi connectivity index (χ0n) is 14.3. The van der Waals surface area contributed by atoms with Crippen LogP contribution in [0.3, 0.4) is 0 Å². The monoisotopic (exact) mass is 524 g/mol. The number of esters is 1. The number of anilines is 1. The molecule has 0 unspecified atom stereocenters. The van der Waals surface area contributed by atoms with Crippen LogP contribution in [0.2, 0.25) is 15.2 Å². The number of carbonyl (C=O) groups excluding carboxylic acids is 3. The predicted molar refractivity (Wildman–Crippen MR) is 110 cm³/mol. The lowest BCUT2D eigenvalue weighted by molar-refractivity contribution is -0.131. The summed E-state index contributed by atoms with van der Waals surface area (Å²) in [4.78, 5) is 39.0. The van der Waals surface area contributed by atoms with Crippen LogP contribution in [-0.2, 0) is 14.3 Å². The van der Waals surface area contributed by atoms with Gasteiger partial charge in [0.2, 0.25) is 0 Å². The number of pyridine rings is 1. The zero-order chi connectivity index (χ0) is 21.6. The molecule has 154 valence electrons. The Hall–Kier alpha value is -2.27. The minimum Gasteiger partial charge on any atom is -0.484 e. The van der Waals surface area contributed by atoms with Gasteiger partial charge in [-0.15, -0.1) is 0 Å². The van der Waals surface area contributed by atoms with Crippen LogP contribution in [0.15, 0.2) is 28.7 Å². The van der Waals surface area contributed by atoms with Crippen molar-refractivity contribution < 1.29 is 23.9 Å². The Bertz CT molecular complexity index is 943. The maximum Gasteiger partial charge on any atom is 0.359 e. The minimum atomic E-state index is -1.06. The third kappa shape index (κ3) is 6.64. The fourth-order valence-corrected chi connectivity index (χ4v) is 2.61. The molecule has 0 spiro atoms. The molecule has 0 aliphatic rings. The van der Waals surface area contributed by atoms with Crippen LogP contribution in [-0.4, -0.2) is 36.0 Å². The normalized spacial score (nSPS) is 10.2. The highest BCUT2D eigenvalue weighted by Gasteiger charge is 2.21. The van der Waals surface area contributed by atoms with E-state index in [1.807, 2.05) is 0 Å². The molecule has 29 heavy (non-hydrogen) atoms. The Morgan fingerprint density at radius 1 is 1.00 bits per heavy atom. The molecule has 1 aromatic carbocycles. The van der Waals surface area contributed by atoms with Gasteiger partial charge in [0.25, 0.3) is 11.8 Å². The van der Waals surface area contributed by atoms with Crippen LogP contribution in [0.1, 0.15) is 10.5 Å². The van der Waals surface area contributed by atoms with Crippen molar-refractivity contribution >= 4 is 74.2 Å². The molecule has 0 bridgehead atoms. The molecule has 0 aliphatic carbocycles. The summed E-state index contributed by atoms with van der Waals surface area (Å²) in [6.07, 6.45) is 0. The molecule has 0 fully saturated rings. The van der Waals surface area contributed by atoms with E-state index >= 15 is 0 Å². The summed E-state index contributed by atoms with van der Waals surface area (Å²) in [5.74, 6) is -2.04. The smallest absolute Gasteiger partial charge is 0.359 e. The van der Waals surface area contributed by atoms with Gasteiger partial charge >= 0.3 is 5.97 Å². The summed E-state index contributed by atoms with van der Waals surface area (Å²) in [6, 6.07) is 6.80. The Morgan fingerprint density at radius 3 is 2.21 bits per heavy atom. The molecule has 9 nitrogen and oxygen atoms in total. The minimum absolute atomic E-state index is 0.112. The molecule has 0 radical (unpaired) electrons. The first kappa shape index (κ1) is 23.0. The number of hydrazine groups is 1. The maximum atomic E-state index is 12.0. The van der Waals surface area contributed by atoms with Gasteiger partial charge in [0, 0.05) is 4.47 Å². The highest BCUT2D eigenvalue weighted by Crippen LogP contribution is 2.34. The van der Waals surface area contributed by atoms with Crippen molar-refractivity contribution in [2.75, 3.05) is 18.9 Å². The lowest BCUT2D eigenvalue weighted by Crippen LogP contribution is -2.45. The van der Waals surface area contributed by atoms with E-state index in [9.17, 15) is 14.4 Å². The molecule has 1 aromatic heterocycles. The first-order valence-electron chi connectivity index (χ1n) is 7.62. The van der Waals surface area contributed by atoms with Crippen LogP contribution >= 0.6 is 50.7 Å². The summed E-state index contributed by atoms with van der Waals surface area (Å²) in [6.45, 7) is -1.07. The third-order valence-electron chi connectivity index (χ3n) is 3.12. The molecule has 4 N–H and O–H groups in total. The number of benzene rings is 1. The highest BCUT2D eigenvalue weighted by molar-refractivity contribution is 9.10. The average Bonchev–Trinajstić information content (AvgIpc) is 2.71. The zero-order valence-corrected chi connectivity index (χ0v) is 18.2. The largest absolute Gasteiger partial charge is 0.484 e. The standard InChI is InChI=1S/C16H12BrCl3N4O5/c17-7-1-3-8(4-2-7)28-5-9(25)23-24-10(26)6-29-16(27)14-11(18)13(21)12(19)15(20)22-14/h1-4H,5-6H2,(H2,21,22)(H,23,25)(H,24,26). The highest BCUT2D eigenvalue weighted by atomic mass is 79.9. The van der Waals surface area contributed by atoms with Gasteiger partial charge in [-0.05, 0) is 24.3 Å². The molecular weight excluding hydrogens is 514 g/mol. The number of halogens is 4. The number of nitrogens with zero attached hydrogens (tertiary/aromatic N) is 1. The molecule has 13 heteroatoms. The lowest BCUT2D eigenvalue weighted by Gasteiger charge is -2.10. The number of nitrogens with two attached hydrogens (primary N) is 1. The van der Waals surface area contributed by atoms with Crippen molar-refractivity contribution in [3.05, 3.63) is 49.6 Å². The van der Waals surface area contributed by atoms with Crippen molar-refractivity contribution in [1.29, 1.82) is 0 Å². The number of amides is 2. The molecule has 1 heterocycles. The van der Waals surface area contributed by atoms with Crippen LogP contribution in [0.5, 0.6) is 5.75 Å². The third-order valence-corrected chi connectivity index (χ3v) is 4.79. The molecule has 0 saturated carbocycles. The molecule has 2 aromatic rings. The van der Waals surface area contributed by atoms with Gasteiger partial charge in [-0.25, -0.2) is 9.78 Å². The number of nitrogens with one attached hydrogen (secondary N) is 2. The second-order valence-electron chi connectivity index (χ2n) is 5.21. The first-order valence-corrected chi connectivity index (χ1v) is 9.55. The lowest BCUT2D eigenvalue weighted by atomic mass is 10.3. The summed E-state index contributed by atoms with van der Waals surface area (Å²) < 4.78 is 10.8. The van der Waals surface area contributed by atoms with E-state index in [-0.39, 0.29) is 27.5 Å². The summed E-state index contributed by atoms with van der Waals surface area (Å²) in [7, 11) is 0. The molecule has 2 amide bonds. The van der Waals surface area contributed by atoms with Gasteiger partial charge in [-0.1, -0.05) is 50.7 Å². The van der Waals surface area contributed by atoms with Gasteiger partial charge in [0.05, 0.1) is 10.7 Å². The van der Waals surface area contributed by atoms with Gasteiger partial charge in [-0.2, -0.15) is 0 Å². The molecule has 2 rings (SSSR count). The number of hydrogen-bond acceptors (Lipinski definition) is 7. The van der Waals surface area contributed by atoms with E-state index in [2.05, 4.69) is 31.8 Å². The van der Waals surface area contributed by atoms with Crippen LogP contribution in [0.25, 0.3) is 0 Å². The number of carbonyl (C=O) groups is 3. The van der Waals surface area contributed by atoms with E-state index < -0.39 is 30.1 Å². The number of hydrogen-bond donors (Lipinski definition) is 3. The van der Waals surface area contributed by atoms with Crippen LogP contribution in [0.4, 0.5) is 5.69 Å². The summed E-state index contributed by atoms with van der Waals surface area (Å²) in [5, 5.41) is -0.620. The second kappa shape index (κ2) is 10.5. The molecular formula is C16H12BrCl3N4O5. The molecule has 0 saturated heterocycles. The average molecular weight is 527 g/mol. The number of nitrogen functional groups attached to an aromatic ring is 1. The molecule has 0 aliphatic heterocycles. The van der Waals surface area contributed by atoms with Crippen LogP contribution in [0, 0.1) is 0 Å². The van der Waals surface area contributed by atoms with Crippen molar-refractivity contribution in [3.8, 4) is 5.75 Å². The van der Waals surface area contributed by atoms with Crippen molar-refractivity contribution in [1.82, 2.24) is 15.8 Å². The van der Waals surface area contributed by atoms with E-state index in [4.69, 9.17) is 50.0 Å². The topological polar surface area (TPSA) is 133 Å². The molecule has 0 atom stereocenters. The Balaban J connectivity index is 1.77. The predicted octanol–water partition coefficient (Wildman–Crippen LogP) is 2.77. The fourth-order valence-electron chi connectivity index (χ4n) is 1.76. The number of rotatable bonds is 6. The number of ether oxygens (including phenoxy) is 2. The Kier molecular flexibility index (Phi) is 8.32. The van der Waals surface area contributed by atoms with Gasteiger partial charge in [-0.3, -0.25) is 20.4 Å².